The average molecular weight is 552 g/mol. The normalized spacial score (nSPS) is 20.9. The number of rotatable bonds is 7. The molecule has 2 aliphatic rings. The molecular formula is C22H26ClF4N5O3S. The smallest absolute Gasteiger partial charge is 0.264 e. The van der Waals surface area contributed by atoms with Crippen molar-refractivity contribution >= 4 is 27.4 Å². The van der Waals surface area contributed by atoms with Gasteiger partial charge in [-0.3, -0.25) is 14.4 Å². The Kier molecular flexibility index (Phi) is 7.48. The van der Waals surface area contributed by atoms with E-state index in [2.05, 4.69) is 10.3 Å². The Balaban J connectivity index is 1.49. The van der Waals surface area contributed by atoms with E-state index in [1.165, 1.54) is 15.2 Å². The van der Waals surface area contributed by atoms with Crippen LogP contribution in [0.2, 0.25) is 5.02 Å². The van der Waals surface area contributed by atoms with E-state index in [1.807, 2.05) is 4.90 Å². The number of halogens is 5. The molecule has 0 unspecified atom stereocenters. The van der Waals surface area contributed by atoms with E-state index in [4.69, 9.17) is 11.6 Å². The number of Topliss-reactive ketones (excluding diaryl/α,β-unsaturated/α-hetero) is 1. The highest BCUT2D eigenvalue weighted by atomic mass is 35.5. The van der Waals surface area contributed by atoms with Crippen LogP contribution in [0.25, 0.3) is 0 Å². The number of alkyl halides is 2. The van der Waals surface area contributed by atoms with Crippen molar-refractivity contribution in [3.05, 3.63) is 40.6 Å². The van der Waals surface area contributed by atoms with E-state index < -0.39 is 49.5 Å². The van der Waals surface area contributed by atoms with E-state index in [0.717, 1.165) is 12.1 Å². The summed E-state index contributed by atoms with van der Waals surface area (Å²) in [4.78, 5) is 14.7. The first kappa shape index (κ1) is 27.0. The Bertz CT molecular complexity index is 1240. The Labute approximate surface area is 211 Å². The van der Waals surface area contributed by atoms with Gasteiger partial charge in [-0.05, 0) is 31.4 Å². The van der Waals surface area contributed by atoms with Crippen molar-refractivity contribution in [3.63, 3.8) is 0 Å². The fourth-order valence-corrected chi connectivity index (χ4v) is 6.49. The van der Waals surface area contributed by atoms with Crippen molar-refractivity contribution in [2.24, 2.45) is 7.05 Å². The molecule has 0 radical (unpaired) electrons. The first-order chi connectivity index (χ1) is 16.8. The predicted octanol–water partition coefficient (Wildman–Crippen LogP) is 3.66. The Morgan fingerprint density at radius 3 is 2.28 bits per heavy atom. The molecule has 4 rings (SSSR count). The third kappa shape index (κ3) is 5.43. The molecule has 2 heterocycles. The number of hydrogen-bond donors (Lipinski definition) is 0. The fourth-order valence-electron chi connectivity index (χ4n) is 5.00. The van der Waals surface area contributed by atoms with Gasteiger partial charge < -0.3 is 0 Å². The molecule has 1 aromatic carbocycles. The van der Waals surface area contributed by atoms with Crippen LogP contribution >= 0.6 is 11.6 Å². The van der Waals surface area contributed by atoms with Gasteiger partial charge in [0.05, 0.1) is 16.8 Å². The van der Waals surface area contributed by atoms with E-state index in [1.54, 1.807) is 7.05 Å². The first-order valence-electron chi connectivity index (χ1n) is 11.5. The molecule has 1 aliphatic carbocycles. The minimum atomic E-state index is -3.86. The van der Waals surface area contributed by atoms with Crippen LogP contribution in [-0.4, -0.2) is 76.0 Å². The van der Waals surface area contributed by atoms with Gasteiger partial charge in [0.2, 0.25) is 10.9 Å². The topological polar surface area (TPSA) is 88.4 Å². The van der Waals surface area contributed by atoms with Gasteiger partial charge >= 0.3 is 0 Å². The first-order valence-corrected chi connectivity index (χ1v) is 13.3. The minimum absolute atomic E-state index is 0.0989. The summed E-state index contributed by atoms with van der Waals surface area (Å²) in [7, 11) is -2.30. The maximum absolute atomic E-state index is 14.2. The van der Waals surface area contributed by atoms with Crippen molar-refractivity contribution < 1.29 is 30.8 Å². The van der Waals surface area contributed by atoms with Crippen LogP contribution in [0, 0.1) is 11.6 Å². The van der Waals surface area contributed by atoms with Gasteiger partial charge in [0, 0.05) is 58.0 Å². The number of aromatic nitrogens is 3. The van der Waals surface area contributed by atoms with Crippen LogP contribution in [0.15, 0.2) is 23.4 Å². The van der Waals surface area contributed by atoms with Gasteiger partial charge in [0.25, 0.3) is 10.0 Å². The zero-order valence-corrected chi connectivity index (χ0v) is 21.1. The lowest BCUT2D eigenvalue weighted by Gasteiger charge is -2.50. The molecule has 1 aliphatic heterocycles. The zero-order chi connectivity index (χ0) is 26.3. The summed E-state index contributed by atoms with van der Waals surface area (Å²) >= 11 is 5.56. The Morgan fingerprint density at radius 2 is 1.69 bits per heavy atom. The molecular weight excluding hydrogens is 526 g/mol. The number of aryl methyl sites for hydroxylation is 1. The number of carbonyl (C=O) groups is 1. The Hall–Kier alpha value is -2.09. The SMILES string of the molecule is Cn1cc(S(=O)(=O)N2CCN(C3(CCC(=O)c4cc(F)c(Cl)cc4F)CCC(F)(F)CC3)CC2)nn1. The third-order valence-electron chi connectivity index (χ3n) is 7.14. The number of benzene rings is 1. The molecule has 36 heavy (non-hydrogen) atoms. The molecule has 1 saturated carbocycles. The van der Waals surface area contributed by atoms with Gasteiger partial charge in [0.15, 0.2) is 5.78 Å². The van der Waals surface area contributed by atoms with Crippen LogP contribution in [0.1, 0.15) is 48.9 Å². The summed E-state index contributed by atoms with van der Waals surface area (Å²) in [6, 6.07) is 1.48. The Morgan fingerprint density at radius 1 is 1.06 bits per heavy atom. The minimum Gasteiger partial charge on any atom is -0.295 e. The number of nitrogens with zero attached hydrogens (tertiary/aromatic N) is 5. The highest BCUT2D eigenvalue weighted by molar-refractivity contribution is 7.89. The zero-order valence-electron chi connectivity index (χ0n) is 19.6. The van der Waals surface area contributed by atoms with E-state index in [0.29, 0.717) is 0 Å². The predicted molar refractivity (Wildman–Crippen MR) is 122 cm³/mol. The quantitative estimate of drug-likeness (QED) is 0.296. The molecule has 1 aromatic heterocycles. The fraction of sp³-hybridized carbons (Fsp3) is 0.591. The van der Waals surface area contributed by atoms with Crippen LogP contribution in [0.4, 0.5) is 17.6 Å². The number of piperazine rings is 1. The molecule has 0 amide bonds. The van der Waals surface area contributed by atoms with Gasteiger partial charge in [-0.1, -0.05) is 16.8 Å². The van der Waals surface area contributed by atoms with Gasteiger partial charge in [-0.25, -0.2) is 26.0 Å². The number of hydrogen-bond acceptors (Lipinski definition) is 6. The van der Waals surface area contributed by atoms with Gasteiger partial charge in [0.1, 0.15) is 11.6 Å². The molecule has 0 N–H and O–H groups in total. The van der Waals surface area contributed by atoms with Gasteiger partial charge in [-0.2, -0.15) is 4.31 Å². The van der Waals surface area contributed by atoms with Crippen molar-refractivity contribution in [3.8, 4) is 0 Å². The van der Waals surface area contributed by atoms with Crippen LogP contribution in [0.3, 0.4) is 0 Å². The highest BCUT2D eigenvalue weighted by Gasteiger charge is 2.47. The molecule has 0 bridgehead atoms. The van der Waals surface area contributed by atoms with Crippen molar-refractivity contribution in [2.75, 3.05) is 26.2 Å². The largest absolute Gasteiger partial charge is 0.295 e. The second kappa shape index (κ2) is 9.99. The molecule has 8 nitrogen and oxygen atoms in total. The molecule has 2 aromatic rings. The van der Waals surface area contributed by atoms with Crippen LogP contribution in [-0.2, 0) is 17.1 Å². The van der Waals surface area contributed by atoms with Crippen LogP contribution < -0.4 is 0 Å². The number of sulfonamides is 1. The standard InChI is InChI=1S/C22H26ClF4N5O3S/c1-30-14-20(28-29-30)36(34,35)32-10-8-31(9-11-32)21(4-6-22(26,27)7-5-21)3-2-19(33)15-12-18(25)16(23)13-17(15)24/h12-14H,2-11H2,1H3. The average Bonchev–Trinajstić information content (AvgIpc) is 3.28. The van der Waals surface area contributed by atoms with Crippen molar-refractivity contribution in [2.45, 2.75) is 55.0 Å². The lowest BCUT2D eigenvalue weighted by Crippen LogP contribution is -2.59. The molecule has 0 atom stereocenters. The van der Waals surface area contributed by atoms with E-state index >= 15 is 0 Å². The second-order valence-electron chi connectivity index (χ2n) is 9.37. The molecule has 0 spiro atoms. The third-order valence-corrected chi connectivity index (χ3v) is 9.19. The maximum atomic E-state index is 14.2. The summed E-state index contributed by atoms with van der Waals surface area (Å²) in [5, 5.41) is 6.73. The highest BCUT2D eigenvalue weighted by Crippen LogP contribution is 2.44. The molecule has 1 saturated heterocycles. The summed E-state index contributed by atoms with van der Waals surface area (Å²) in [6.45, 7) is 0.760. The van der Waals surface area contributed by atoms with E-state index in [9.17, 15) is 30.8 Å². The van der Waals surface area contributed by atoms with Crippen molar-refractivity contribution in [1.29, 1.82) is 0 Å². The molecule has 2 fully saturated rings. The van der Waals surface area contributed by atoms with Crippen molar-refractivity contribution in [1.82, 2.24) is 24.2 Å². The number of carbonyl (C=O) groups excluding carboxylic acids is 1. The second-order valence-corrected chi connectivity index (χ2v) is 11.7. The summed E-state index contributed by atoms with van der Waals surface area (Å²) in [5.74, 6) is -5.34. The summed E-state index contributed by atoms with van der Waals surface area (Å²) in [5.41, 5.74) is -1.23. The van der Waals surface area contributed by atoms with Gasteiger partial charge in [-0.15, -0.1) is 5.10 Å². The summed E-state index contributed by atoms with van der Waals surface area (Å²) in [6.07, 6.45) is 0.733. The molecule has 198 valence electrons. The van der Waals surface area contributed by atoms with Crippen LogP contribution in [0.5, 0.6) is 0 Å². The monoisotopic (exact) mass is 551 g/mol. The number of ketones is 1. The lowest BCUT2D eigenvalue weighted by molar-refractivity contribution is -0.0891. The lowest BCUT2D eigenvalue weighted by atomic mass is 9.74. The summed E-state index contributed by atoms with van der Waals surface area (Å²) < 4.78 is 84.4. The maximum Gasteiger partial charge on any atom is 0.264 e. The van der Waals surface area contributed by atoms with E-state index in [-0.39, 0.29) is 69.7 Å². The molecule has 14 heteroatoms.